The first-order chi connectivity index (χ1) is 12.0. The van der Waals surface area contributed by atoms with Crippen LogP contribution < -0.4 is 10.9 Å². The zero-order valence-electron chi connectivity index (χ0n) is 13.4. The molecule has 2 N–H and O–H groups in total. The minimum Gasteiger partial charge on any atom is -0.365 e. The van der Waals surface area contributed by atoms with Crippen LogP contribution in [-0.4, -0.2) is 14.6 Å². The number of nitrogens with zero attached hydrogens (tertiary/aromatic N) is 3. The van der Waals surface area contributed by atoms with Gasteiger partial charge in [0.15, 0.2) is 5.65 Å². The van der Waals surface area contributed by atoms with Crippen molar-refractivity contribution in [3.8, 4) is 6.07 Å². The lowest BCUT2D eigenvalue weighted by Gasteiger charge is -2.05. The predicted molar refractivity (Wildman–Crippen MR) is 93.3 cm³/mol. The highest BCUT2D eigenvalue weighted by atomic mass is 35.5. The Morgan fingerprint density at radius 1 is 1.44 bits per heavy atom. The summed E-state index contributed by atoms with van der Waals surface area (Å²) in [4.78, 5) is 16.6. The number of nitrogens with one attached hydrogen (secondary N) is 2. The average Bonchev–Trinajstić information content (AvgIpc) is 2.94. The van der Waals surface area contributed by atoms with E-state index in [0.29, 0.717) is 23.5 Å². The highest BCUT2D eigenvalue weighted by Crippen LogP contribution is 2.20. The summed E-state index contributed by atoms with van der Waals surface area (Å²) in [7, 11) is 0. The molecule has 0 aliphatic carbocycles. The van der Waals surface area contributed by atoms with E-state index in [1.165, 1.54) is 22.7 Å². The van der Waals surface area contributed by atoms with Gasteiger partial charge in [-0.3, -0.25) is 9.89 Å². The van der Waals surface area contributed by atoms with Crippen LogP contribution in [0.15, 0.2) is 29.1 Å². The van der Waals surface area contributed by atoms with Gasteiger partial charge in [-0.25, -0.2) is 9.37 Å². The Kier molecular flexibility index (Phi) is 4.72. The highest BCUT2D eigenvalue weighted by molar-refractivity contribution is 6.30. The fourth-order valence-electron chi connectivity index (χ4n) is 2.54. The molecule has 128 valence electrons. The maximum absolute atomic E-state index is 13.5. The van der Waals surface area contributed by atoms with E-state index >= 15 is 0 Å². The molecule has 6 nitrogen and oxygen atoms in total. The van der Waals surface area contributed by atoms with Gasteiger partial charge in [-0.2, -0.15) is 9.78 Å². The van der Waals surface area contributed by atoms with Crippen LogP contribution in [0.1, 0.15) is 30.2 Å². The summed E-state index contributed by atoms with van der Waals surface area (Å²) in [6.07, 6.45) is 1.51. The highest BCUT2D eigenvalue weighted by Gasteiger charge is 2.15. The number of nitriles is 1. The fourth-order valence-corrected chi connectivity index (χ4v) is 2.66. The number of aryl methyl sites for hydroxylation is 1. The third-order valence-corrected chi connectivity index (χ3v) is 4.05. The fraction of sp³-hybridized carbons (Fsp3) is 0.235. The van der Waals surface area contributed by atoms with Crippen molar-refractivity contribution in [3.63, 3.8) is 0 Å². The number of aromatic amines is 1. The van der Waals surface area contributed by atoms with Gasteiger partial charge < -0.3 is 5.32 Å². The smallest absolute Gasteiger partial charge is 0.272 e. The van der Waals surface area contributed by atoms with Crippen LogP contribution in [0.4, 0.5) is 10.2 Å². The van der Waals surface area contributed by atoms with Crippen molar-refractivity contribution in [1.82, 2.24) is 14.6 Å². The summed E-state index contributed by atoms with van der Waals surface area (Å²) in [5, 5.41) is 15.3. The first-order valence-electron chi connectivity index (χ1n) is 7.76. The van der Waals surface area contributed by atoms with Crippen molar-refractivity contribution in [1.29, 1.82) is 5.26 Å². The van der Waals surface area contributed by atoms with E-state index in [-0.39, 0.29) is 28.3 Å². The summed E-state index contributed by atoms with van der Waals surface area (Å²) in [6.45, 7) is 2.25. The van der Waals surface area contributed by atoms with E-state index in [2.05, 4.69) is 21.5 Å². The molecule has 0 aliphatic rings. The van der Waals surface area contributed by atoms with Crippen LogP contribution in [0, 0.1) is 17.1 Å². The zero-order valence-corrected chi connectivity index (χ0v) is 14.2. The molecule has 0 fully saturated rings. The Morgan fingerprint density at radius 2 is 2.24 bits per heavy atom. The molecule has 0 bridgehead atoms. The number of hydrogen-bond donors (Lipinski definition) is 2. The van der Waals surface area contributed by atoms with Gasteiger partial charge in [0.05, 0.1) is 5.02 Å². The molecule has 0 unspecified atom stereocenters. The Morgan fingerprint density at radius 3 is 2.92 bits per heavy atom. The summed E-state index contributed by atoms with van der Waals surface area (Å²) < 4.78 is 14.7. The van der Waals surface area contributed by atoms with E-state index in [1.807, 2.05) is 6.92 Å². The van der Waals surface area contributed by atoms with E-state index in [4.69, 9.17) is 11.6 Å². The number of halogens is 2. The van der Waals surface area contributed by atoms with Crippen molar-refractivity contribution in [3.05, 3.63) is 62.3 Å². The predicted octanol–water partition coefficient (Wildman–Crippen LogP) is 3.25. The van der Waals surface area contributed by atoms with Crippen molar-refractivity contribution >= 4 is 23.1 Å². The van der Waals surface area contributed by atoms with Crippen molar-refractivity contribution < 1.29 is 4.39 Å². The quantitative estimate of drug-likeness (QED) is 0.732. The molecule has 0 radical (unpaired) electrons. The van der Waals surface area contributed by atoms with Crippen molar-refractivity contribution in [2.45, 2.75) is 26.3 Å². The Hall–Kier alpha value is -2.85. The zero-order chi connectivity index (χ0) is 18.0. The average molecular weight is 360 g/mol. The Bertz CT molecular complexity index is 1030. The second-order valence-electron chi connectivity index (χ2n) is 5.57. The summed E-state index contributed by atoms with van der Waals surface area (Å²) in [5.41, 5.74) is 1.54. The molecule has 0 amide bonds. The molecule has 0 spiro atoms. The number of hydrogen-bond acceptors (Lipinski definition) is 4. The van der Waals surface area contributed by atoms with Gasteiger partial charge in [0.1, 0.15) is 23.3 Å². The van der Waals surface area contributed by atoms with E-state index in [1.54, 1.807) is 6.07 Å². The minimum absolute atomic E-state index is 0.0475. The molecule has 1 aromatic carbocycles. The molecule has 0 saturated carbocycles. The van der Waals surface area contributed by atoms with E-state index < -0.39 is 5.82 Å². The standard InChI is InChI=1S/C17H15ClFN5O/c1-2-3-11-7-15(25)24-17(22-11)12(8-20)16(23-24)21-9-10-4-5-13(18)14(19)6-10/h4-7,21,23H,2-3,9H2,1H3. The summed E-state index contributed by atoms with van der Waals surface area (Å²) in [5.74, 6) is -0.156. The first-order valence-corrected chi connectivity index (χ1v) is 8.13. The Labute approximate surface area is 147 Å². The van der Waals surface area contributed by atoms with Gasteiger partial charge in [-0.05, 0) is 24.1 Å². The van der Waals surface area contributed by atoms with Crippen LogP contribution in [0.3, 0.4) is 0 Å². The SMILES string of the molecule is CCCc1cc(=O)n2[nH]c(NCc3ccc(Cl)c(F)c3)c(C#N)c2n1. The maximum Gasteiger partial charge on any atom is 0.272 e. The third kappa shape index (κ3) is 3.35. The van der Waals surface area contributed by atoms with Gasteiger partial charge in [0, 0.05) is 18.3 Å². The lowest BCUT2D eigenvalue weighted by atomic mass is 10.2. The molecular formula is C17H15ClFN5O. The molecule has 8 heteroatoms. The largest absolute Gasteiger partial charge is 0.365 e. The molecule has 0 aliphatic heterocycles. The minimum atomic E-state index is -0.514. The van der Waals surface area contributed by atoms with Crippen LogP contribution in [-0.2, 0) is 13.0 Å². The number of rotatable bonds is 5. The monoisotopic (exact) mass is 359 g/mol. The number of benzene rings is 1. The van der Waals surface area contributed by atoms with Gasteiger partial charge in [0.2, 0.25) is 0 Å². The first kappa shape index (κ1) is 17.0. The van der Waals surface area contributed by atoms with E-state index in [9.17, 15) is 14.4 Å². The molecule has 0 atom stereocenters. The van der Waals surface area contributed by atoms with Crippen LogP contribution in [0.25, 0.3) is 5.65 Å². The number of fused-ring (bicyclic) bond motifs is 1. The maximum atomic E-state index is 13.5. The molecule has 2 aromatic heterocycles. The van der Waals surface area contributed by atoms with Gasteiger partial charge in [-0.1, -0.05) is 31.0 Å². The van der Waals surface area contributed by atoms with Gasteiger partial charge >= 0.3 is 0 Å². The molecule has 2 heterocycles. The summed E-state index contributed by atoms with van der Waals surface area (Å²) in [6, 6.07) is 7.97. The number of H-pyrrole nitrogens is 1. The lowest BCUT2D eigenvalue weighted by Crippen LogP contribution is -2.15. The third-order valence-electron chi connectivity index (χ3n) is 3.74. The van der Waals surface area contributed by atoms with Gasteiger partial charge in [0.25, 0.3) is 5.56 Å². The normalized spacial score (nSPS) is 10.8. The Balaban J connectivity index is 1.96. The second kappa shape index (κ2) is 6.95. The van der Waals surface area contributed by atoms with Crippen LogP contribution in [0.5, 0.6) is 0 Å². The second-order valence-corrected chi connectivity index (χ2v) is 5.98. The molecular weight excluding hydrogens is 345 g/mol. The molecule has 3 aromatic rings. The van der Waals surface area contributed by atoms with Gasteiger partial charge in [-0.15, -0.1) is 0 Å². The van der Waals surface area contributed by atoms with Crippen molar-refractivity contribution in [2.24, 2.45) is 0 Å². The van der Waals surface area contributed by atoms with Crippen molar-refractivity contribution in [2.75, 3.05) is 5.32 Å². The molecule has 0 saturated heterocycles. The number of anilines is 1. The summed E-state index contributed by atoms with van der Waals surface area (Å²) >= 11 is 5.67. The van der Waals surface area contributed by atoms with Crippen LogP contribution >= 0.6 is 11.6 Å². The lowest BCUT2D eigenvalue weighted by molar-refractivity contribution is 0.626. The number of aromatic nitrogens is 3. The van der Waals surface area contributed by atoms with Crippen LogP contribution in [0.2, 0.25) is 5.02 Å². The molecule has 25 heavy (non-hydrogen) atoms. The topological polar surface area (TPSA) is 86.0 Å². The molecule has 3 rings (SSSR count). The van der Waals surface area contributed by atoms with E-state index in [0.717, 1.165) is 6.42 Å².